The van der Waals surface area contributed by atoms with E-state index in [1.807, 2.05) is 24.3 Å². The number of nitrogens with zero attached hydrogens (tertiary/aromatic N) is 2. The second-order valence-electron chi connectivity index (χ2n) is 5.08. The summed E-state index contributed by atoms with van der Waals surface area (Å²) >= 11 is 0. The third kappa shape index (κ3) is 1.46. The highest BCUT2D eigenvalue weighted by molar-refractivity contribution is 6.08. The summed E-state index contributed by atoms with van der Waals surface area (Å²) in [6.07, 6.45) is 2.40. The van der Waals surface area contributed by atoms with Gasteiger partial charge < -0.3 is 4.57 Å². The fraction of sp³-hybridized carbons (Fsp3) is 0.200. The fourth-order valence-electron chi connectivity index (χ4n) is 2.83. The average Bonchev–Trinajstić information content (AvgIpc) is 3.20. The lowest BCUT2D eigenvalue weighted by atomic mass is 10.1. The predicted octanol–water partition coefficient (Wildman–Crippen LogP) is 4.04. The lowest BCUT2D eigenvalue weighted by Gasteiger charge is -2.04. The number of hydrogen-bond acceptors (Lipinski definition) is 2. The maximum absolute atomic E-state index is 10.9. The van der Waals surface area contributed by atoms with Gasteiger partial charge in [0.2, 0.25) is 0 Å². The minimum atomic E-state index is -0.331. The van der Waals surface area contributed by atoms with Crippen molar-refractivity contribution in [1.82, 2.24) is 4.57 Å². The molecule has 0 bridgehead atoms. The van der Waals surface area contributed by atoms with Crippen LogP contribution in [0, 0.1) is 10.1 Å². The van der Waals surface area contributed by atoms with Crippen LogP contribution in [0.1, 0.15) is 18.9 Å². The minimum Gasteiger partial charge on any atom is -0.337 e. The Bertz CT molecular complexity index is 815. The number of hydrogen-bond donors (Lipinski definition) is 0. The molecule has 0 N–H and O–H groups in total. The van der Waals surface area contributed by atoms with Crippen LogP contribution < -0.4 is 0 Å². The van der Waals surface area contributed by atoms with E-state index >= 15 is 0 Å². The molecule has 4 heteroatoms. The molecular weight excluding hydrogens is 240 g/mol. The number of nitro groups is 1. The van der Waals surface area contributed by atoms with E-state index in [2.05, 4.69) is 10.6 Å². The Balaban J connectivity index is 2.15. The van der Waals surface area contributed by atoms with Gasteiger partial charge in [-0.1, -0.05) is 18.2 Å². The van der Waals surface area contributed by atoms with E-state index in [0.717, 1.165) is 16.3 Å². The van der Waals surface area contributed by atoms with Gasteiger partial charge >= 0.3 is 0 Å². The van der Waals surface area contributed by atoms with Crippen molar-refractivity contribution in [2.75, 3.05) is 0 Å². The van der Waals surface area contributed by atoms with E-state index in [1.54, 1.807) is 12.1 Å². The van der Waals surface area contributed by atoms with Crippen molar-refractivity contribution in [2.45, 2.75) is 18.9 Å². The fourth-order valence-corrected chi connectivity index (χ4v) is 2.83. The van der Waals surface area contributed by atoms with Gasteiger partial charge in [-0.05, 0) is 25.0 Å². The van der Waals surface area contributed by atoms with Crippen molar-refractivity contribution in [3.05, 3.63) is 52.6 Å². The van der Waals surface area contributed by atoms with E-state index in [4.69, 9.17) is 0 Å². The predicted molar refractivity (Wildman–Crippen MR) is 74.4 cm³/mol. The third-order valence-corrected chi connectivity index (χ3v) is 3.82. The molecule has 1 aliphatic rings. The molecule has 4 rings (SSSR count). The van der Waals surface area contributed by atoms with Gasteiger partial charge in [-0.2, -0.15) is 0 Å². The maximum atomic E-state index is 10.9. The smallest absolute Gasteiger partial charge is 0.270 e. The topological polar surface area (TPSA) is 48.1 Å². The molecule has 3 aromatic rings. The van der Waals surface area contributed by atoms with Gasteiger partial charge in [0.25, 0.3) is 5.69 Å². The molecule has 2 aromatic carbocycles. The van der Waals surface area contributed by atoms with Crippen LogP contribution in [0.4, 0.5) is 5.69 Å². The van der Waals surface area contributed by atoms with Crippen LogP contribution in [0.25, 0.3) is 21.8 Å². The van der Waals surface area contributed by atoms with Gasteiger partial charge in [0.1, 0.15) is 0 Å². The Labute approximate surface area is 109 Å². The zero-order valence-corrected chi connectivity index (χ0v) is 10.2. The summed E-state index contributed by atoms with van der Waals surface area (Å²) in [5, 5.41) is 13.0. The molecule has 0 amide bonds. The highest BCUT2D eigenvalue weighted by Crippen LogP contribution is 2.42. The van der Waals surface area contributed by atoms with Crippen molar-refractivity contribution in [3.8, 4) is 0 Å². The number of fused-ring (bicyclic) bond motifs is 3. The highest BCUT2D eigenvalue weighted by atomic mass is 16.6. The molecule has 0 atom stereocenters. The molecule has 1 fully saturated rings. The normalized spacial score (nSPS) is 15.2. The van der Waals surface area contributed by atoms with Crippen molar-refractivity contribution >= 4 is 27.5 Å². The standard InChI is InChI=1S/C15H12N2O2/c18-17(19)11-7-8-15-13(9-11)12-3-1-2-4-14(12)16(15)10-5-6-10/h1-4,7-10H,5-6H2. The molecule has 1 saturated carbocycles. The zero-order chi connectivity index (χ0) is 13.0. The lowest BCUT2D eigenvalue weighted by molar-refractivity contribution is -0.384. The average molecular weight is 252 g/mol. The SMILES string of the molecule is O=[N+]([O-])c1ccc2c(c1)c1ccccc1n2C1CC1. The summed E-state index contributed by atoms with van der Waals surface area (Å²) < 4.78 is 2.33. The van der Waals surface area contributed by atoms with Gasteiger partial charge in [-0.15, -0.1) is 0 Å². The number of aromatic nitrogens is 1. The van der Waals surface area contributed by atoms with Crippen LogP contribution in [0.3, 0.4) is 0 Å². The first-order chi connectivity index (χ1) is 9.25. The zero-order valence-electron chi connectivity index (χ0n) is 10.2. The molecule has 4 nitrogen and oxygen atoms in total. The van der Waals surface area contributed by atoms with Gasteiger partial charge in [0, 0.05) is 40.0 Å². The number of nitro benzene ring substituents is 1. The van der Waals surface area contributed by atoms with E-state index in [0.29, 0.717) is 6.04 Å². The molecule has 1 aliphatic carbocycles. The lowest BCUT2D eigenvalue weighted by Crippen LogP contribution is -1.93. The maximum Gasteiger partial charge on any atom is 0.270 e. The van der Waals surface area contributed by atoms with Gasteiger partial charge in [-0.3, -0.25) is 10.1 Å². The molecule has 0 spiro atoms. The first-order valence-corrected chi connectivity index (χ1v) is 6.43. The third-order valence-electron chi connectivity index (χ3n) is 3.82. The van der Waals surface area contributed by atoms with Crippen LogP contribution in [0.15, 0.2) is 42.5 Å². The van der Waals surface area contributed by atoms with Gasteiger partial charge in [0.05, 0.1) is 4.92 Å². The summed E-state index contributed by atoms with van der Waals surface area (Å²) in [5.41, 5.74) is 2.45. The summed E-state index contributed by atoms with van der Waals surface area (Å²) in [6.45, 7) is 0. The first kappa shape index (κ1) is 10.6. The summed E-state index contributed by atoms with van der Waals surface area (Å²) in [4.78, 5) is 10.6. The molecular formula is C15H12N2O2. The van der Waals surface area contributed by atoms with Crippen LogP contribution in [0.2, 0.25) is 0 Å². The van der Waals surface area contributed by atoms with Crippen LogP contribution >= 0.6 is 0 Å². The second-order valence-corrected chi connectivity index (χ2v) is 5.08. The van der Waals surface area contributed by atoms with E-state index in [-0.39, 0.29) is 10.6 Å². The minimum absolute atomic E-state index is 0.159. The van der Waals surface area contributed by atoms with Crippen LogP contribution in [-0.2, 0) is 0 Å². The summed E-state index contributed by atoms with van der Waals surface area (Å²) in [6, 6.07) is 13.9. The first-order valence-electron chi connectivity index (χ1n) is 6.43. The molecule has 94 valence electrons. The van der Waals surface area contributed by atoms with E-state index in [1.165, 1.54) is 18.4 Å². The van der Waals surface area contributed by atoms with Gasteiger partial charge in [-0.25, -0.2) is 0 Å². The summed E-state index contributed by atoms with van der Waals surface area (Å²) in [5.74, 6) is 0. The van der Waals surface area contributed by atoms with Crippen LogP contribution in [-0.4, -0.2) is 9.49 Å². The quantitative estimate of drug-likeness (QED) is 0.510. The Kier molecular flexibility index (Phi) is 1.98. The Hall–Kier alpha value is -2.36. The molecule has 1 heterocycles. The Morgan fingerprint density at radius 1 is 1.05 bits per heavy atom. The molecule has 0 radical (unpaired) electrons. The van der Waals surface area contributed by atoms with Crippen LogP contribution in [0.5, 0.6) is 0 Å². The molecule has 0 unspecified atom stereocenters. The Morgan fingerprint density at radius 2 is 1.79 bits per heavy atom. The number of non-ortho nitro benzene ring substituents is 1. The highest BCUT2D eigenvalue weighted by Gasteiger charge is 2.27. The van der Waals surface area contributed by atoms with E-state index < -0.39 is 0 Å². The monoisotopic (exact) mass is 252 g/mol. The molecule has 0 aliphatic heterocycles. The Morgan fingerprint density at radius 3 is 2.53 bits per heavy atom. The molecule has 19 heavy (non-hydrogen) atoms. The number of para-hydroxylation sites is 1. The van der Waals surface area contributed by atoms with E-state index in [9.17, 15) is 10.1 Å². The van der Waals surface area contributed by atoms with Crippen molar-refractivity contribution in [1.29, 1.82) is 0 Å². The van der Waals surface area contributed by atoms with Crippen molar-refractivity contribution in [2.24, 2.45) is 0 Å². The number of rotatable bonds is 2. The largest absolute Gasteiger partial charge is 0.337 e. The van der Waals surface area contributed by atoms with Gasteiger partial charge in [0.15, 0.2) is 0 Å². The summed E-state index contributed by atoms with van der Waals surface area (Å²) in [7, 11) is 0. The number of benzene rings is 2. The molecule has 0 saturated heterocycles. The molecule has 1 aromatic heterocycles. The second kappa shape index (κ2) is 3.57. The van der Waals surface area contributed by atoms with Crippen molar-refractivity contribution in [3.63, 3.8) is 0 Å². The van der Waals surface area contributed by atoms with Crippen molar-refractivity contribution < 1.29 is 4.92 Å².